The quantitative estimate of drug-likeness (QED) is 0.593. The molecule has 0 radical (unpaired) electrons. The minimum atomic E-state index is 0.176. The largest absolute Gasteiger partial charge is 0.354 e. The number of rotatable bonds is 2. The molecule has 88 valence electrons. The van der Waals surface area contributed by atoms with E-state index in [1.54, 1.807) is 19.0 Å². The van der Waals surface area contributed by atoms with Crippen LogP contribution in [0, 0.1) is 22.7 Å². The van der Waals surface area contributed by atoms with Gasteiger partial charge in [0.25, 0.3) is 0 Å². The molecule has 17 heavy (non-hydrogen) atoms. The highest BCUT2D eigenvalue weighted by atomic mass is 32.1. The Bertz CT molecular complexity index is 513. The van der Waals surface area contributed by atoms with Crippen molar-refractivity contribution >= 4 is 22.4 Å². The smallest absolute Gasteiger partial charge is 0.209 e. The average molecular weight is 247 g/mol. The molecule has 0 aliphatic carbocycles. The molecular formula is C11H13N5S. The van der Waals surface area contributed by atoms with Crippen LogP contribution in [-0.4, -0.2) is 29.2 Å². The van der Waals surface area contributed by atoms with Crippen molar-refractivity contribution in [1.82, 2.24) is 9.27 Å². The van der Waals surface area contributed by atoms with E-state index in [-0.39, 0.29) is 11.8 Å². The molecule has 0 saturated carbocycles. The molecular weight excluding hydrogens is 234 g/mol. The van der Waals surface area contributed by atoms with Crippen LogP contribution >= 0.6 is 11.5 Å². The fraction of sp³-hybridized carbons (Fsp3) is 0.455. The van der Waals surface area contributed by atoms with E-state index in [1.807, 2.05) is 19.9 Å². The van der Waals surface area contributed by atoms with Gasteiger partial charge in [-0.2, -0.15) is 14.9 Å². The van der Waals surface area contributed by atoms with Crippen LogP contribution in [0.1, 0.15) is 31.0 Å². The molecule has 1 aromatic heterocycles. The highest BCUT2D eigenvalue weighted by Gasteiger charge is 2.16. The van der Waals surface area contributed by atoms with Gasteiger partial charge in [0.2, 0.25) is 5.84 Å². The van der Waals surface area contributed by atoms with Gasteiger partial charge in [0, 0.05) is 14.1 Å². The Balaban J connectivity index is 3.27. The van der Waals surface area contributed by atoms with Gasteiger partial charge < -0.3 is 4.90 Å². The number of nitrogens with zero attached hydrogens (tertiary/aromatic N) is 5. The van der Waals surface area contributed by atoms with Crippen molar-refractivity contribution in [2.24, 2.45) is 4.99 Å². The Morgan fingerprint density at radius 2 is 2.06 bits per heavy atom. The maximum atomic E-state index is 9.11. The Morgan fingerprint density at radius 3 is 2.47 bits per heavy atom. The molecule has 0 aromatic carbocycles. The van der Waals surface area contributed by atoms with Gasteiger partial charge >= 0.3 is 0 Å². The van der Waals surface area contributed by atoms with Gasteiger partial charge in [0.05, 0.1) is 5.69 Å². The Labute approximate surface area is 105 Å². The average Bonchev–Trinajstić information content (AvgIpc) is 2.67. The fourth-order valence-corrected chi connectivity index (χ4v) is 2.05. The van der Waals surface area contributed by atoms with Crippen LogP contribution in [0.5, 0.6) is 0 Å². The molecule has 0 N–H and O–H groups in total. The van der Waals surface area contributed by atoms with E-state index in [9.17, 15) is 0 Å². The summed E-state index contributed by atoms with van der Waals surface area (Å²) in [7, 11) is 3.47. The third-order valence-corrected chi connectivity index (χ3v) is 2.85. The minimum Gasteiger partial charge on any atom is -0.354 e. The molecule has 1 rings (SSSR count). The zero-order chi connectivity index (χ0) is 13.0. The van der Waals surface area contributed by atoms with E-state index in [1.165, 1.54) is 0 Å². The molecule has 0 unspecified atom stereocenters. The van der Waals surface area contributed by atoms with Gasteiger partial charge in [-0.05, 0) is 17.5 Å². The normalized spacial score (nSPS) is 11.1. The van der Waals surface area contributed by atoms with E-state index in [4.69, 9.17) is 10.5 Å². The molecule has 0 bridgehead atoms. The number of amidine groups is 1. The van der Waals surface area contributed by atoms with E-state index < -0.39 is 0 Å². The number of hydrogen-bond donors (Lipinski definition) is 0. The lowest BCUT2D eigenvalue weighted by atomic mass is 10.1. The fourth-order valence-electron chi connectivity index (χ4n) is 1.19. The van der Waals surface area contributed by atoms with Gasteiger partial charge in [-0.1, -0.05) is 13.8 Å². The molecule has 0 aliphatic heterocycles. The highest BCUT2D eigenvalue weighted by Crippen LogP contribution is 2.31. The molecule has 0 saturated heterocycles. The summed E-state index contributed by atoms with van der Waals surface area (Å²) in [4.78, 5) is 5.77. The van der Waals surface area contributed by atoms with Gasteiger partial charge in [-0.25, -0.2) is 4.99 Å². The van der Waals surface area contributed by atoms with Crippen molar-refractivity contribution in [3.8, 4) is 12.1 Å². The van der Waals surface area contributed by atoms with Crippen molar-refractivity contribution < 1.29 is 0 Å². The Morgan fingerprint density at radius 1 is 1.41 bits per heavy atom. The Hall–Kier alpha value is -1.92. The number of aromatic nitrogens is 1. The third kappa shape index (κ3) is 2.80. The van der Waals surface area contributed by atoms with Gasteiger partial charge in [0.1, 0.15) is 17.7 Å². The van der Waals surface area contributed by atoms with E-state index in [2.05, 4.69) is 15.4 Å². The van der Waals surface area contributed by atoms with Crippen LogP contribution in [0.25, 0.3) is 0 Å². The lowest BCUT2D eigenvalue weighted by Crippen LogP contribution is -2.19. The molecule has 0 atom stereocenters. The summed E-state index contributed by atoms with van der Waals surface area (Å²) in [5.74, 6) is 0.440. The predicted molar refractivity (Wildman–Crippen MR) is 67.3 cm³/mol. The number of nitriles is 2. The number of hydrogen-bond acceptors (Lipinski definition) is 5. The monoisotopic (exact) mass is 247 g/mol. The summed E-state index contributed by atoms with van der Waals surface area (Å²) < 4.78 is 4.22. The van der Waals surface area contributed by atoms with Crippen molar-refractivity contribution in [3.05, 3.63) is 11.3 Å². The molecule has 0 aliphatic rings. The molecule has 5 nitrogen and oxygen atoms in total. The van der Waals surface area contributed by atoms with E-state index in [0.29, 0.717) is 10.6 Å². The summed E-state index contributed by atoms with van der Waals surface area (Å²) in [6.45, 7) is 3.95. The molecule has 6 heteroatoms. The standard InChI is InChI=1S/C11H13N5S/c1-7(2)10-8(5-12)11(17-15-10)14-9(6-13)16(3)4/h7H,1-4H3/b14-9-. The summed E-state index contributed by atoms with van der Waals surface area (Å²) >= 11 is 1.15. The predicted octanol–water partition coefficient (Wildman–Crippen LogP) is 2.25. The van der Waals surface area contributed by atoms with Crippen LogP contribution in [0.3, 0.4) is 0 Å². The maximum Gasteiger partial charge on any atom is 0.209 e. The summed E-state index contributed by atoms with van der Waals surface area (Å²) in [6.07, 6.45) is 0. The highest BCUT2D eigenvalue weighted by molar-refractivity contribution is 7.10. The lowest BCUT2D eigenvalue weighted by molar-refractivity contribution is 0.628. The first-order valence-corrected chi connectivity index (χ1v) is 5.84. The summed E-state index contributed by atoms with van der Waals surface area (Å²) in [5, 5.41) is 18.5. The maximum absolute atomic E-state index is 9.11. The lowest BCUT2D eigenvalue weighted by Gasteiger charge is -2.07. The van der Waals surface area contributed by atoms with Crippen LogP contribution in [0.15, 0.2) is 4.99 Å². The van der Waals surface area contributed by atoms with Crippen molar-refractivity contribution in [1.29, 1.82) is 10.5 Å². The zero-order valence-corrected chi connectivity index (χ0v) is 11.0. The van der Waals surface area contributed by atoms with E-state index in [0.717, 1.165) is 17.2 Å². The molecule has 0 spiro atoms. The first-order valence-electron chi connectivity index (χ1n) is 5.07. The first kappa shape index (κ1) is 13.1. The summed E-state index contributed by atoms with van der Waals surface area (Å²) in [5.41, 5.74) is 1.21. The number of aliphatic imine (C=N–C) groups is 1. The van der Waals surface area contributed by atoms with Crippen molar-refractivity contribution in [2.75, 3.05) is 14.1 Å². The van der Waals surface area contributed by atoms with Gasteiger partial charge in [-0.3, -0.25) is 0 Å². The topological polar surface area (TPSA) is 76.1 Å². The molecule has 1 heterocycles. The summed E-state index contributed by atoms with van der Waals surface area (Å²) in [6, 6.07) is 4.09. The second kappa shape index (κ2) is 5.42. The molecule has 0 amide bonds. The SMILES string of the molecule is CC(C)c1nsc(/N=C(/C#N)N(C)C)c1C#N. The second-order valence-corrected chi connectivity index (χ2v) is 4.71. The van der Waals surface area contributed by atoms with Gasteiger partial charge in [0.15, 0.2) is 5.00 Å². The minimum absolute atomic E-state index is 0.176. The third-order valence-electron chi connectivity index (χ3n) is 2.09. The Kier molecular flexibility index (Phi) is 4.19. The van der Waals surface area contributed by atoms with Crippen LogP contribution in [0.2, 0.25) is 0 Å². The van der Waals surface area contributed by atoms with Crippen LogP contribution in [-0.2, 0) is 0 Å². The van der Waals surface area contributed by atoms with Crippen LogP contribution in [0.4, 0.5) is 5.00 Å². The molecule has 0 fully saturated rings. The first-order chi connectivity index (χ1) is 8.01. The van der Waals surface area contributed by atoms with Gasteiger partial charge in [-0.15, -0.1) is 0 Å². The van der Waals surface area contributed by atoms with Crippen molar-refractivity contribution in [2.45, 2.75) is 19.8 Å². The van der Waals surface area contributed by atoms with E-state index >= 15 is 0 Å². The van der Waals surface area contributed by atoms with Crippen molar-refractivity contribution in [3.63, 3.8) is 0 Å². The molecule has 1 aromatic rings. The zero-order valence-electron chi connectivity index (χ0n) is 10.2. The second-order valence-electron chi connectivity index (χ2n) is 3.96. The van der Waals surface area contributed by atoms with Crippen LogP contribution < -0.4 is 0 Å².